The zero-order valence-electron chi connectivity index (χ0n) is 12.0. The van der Waals surface area contributed by atoms with Crippen LogP contribution in [0, 0.1) is 13.8 Å². The Morgan fingerprint density at radius 3 is 2.35 bits per heavy atom. The van der Waals surface area contributed by atoms with Gasteiger partial charge in [-0.25, -0.2) is 4.79 Å². The summed E-state index contributed by atoms with van der Waals surface area (Å²) >= 11 is 0. The number of esters is 1. The van der Waals surface area contributed by atoms with Crippen molar-refractivity contribution in [3.63, 3.8) is 0 Å². The number of methoxy groups -OCH3 is 1. The molecule has 3 heteroatoms. The van der Waals surface area contributed by atoms with E-state index in [0.717, 1.165) is 16.7 Å². The largest absolute Gasteiger partial charge is 0.422 e. The van der Waals surface area contributed by atoms with Gasteiger partial charge in [-0.05, 0) is 42.7 Å². The van der Waals surface area contributed by atoms with Crippen molar-refractivity contribution in [1.29, 1.82) is 0 Å². The highest BCUT2D eigenvalue weighted by molar-refractivity contribution is 5.91. The summed E-state index contributed by atoms with van der Waals surface area (Å²) < 4.78 is 10.6. The quantitative estimate of drug-likeness (QED) is 0.628. The van der Waals surface area contributed by atoms with E-state index < -0.39 is 0 Å². The summed E-state index contributed by atoms with van der Waals surface area (Å²) in [6, 6.07) is 13.1. The molecule has 2 rings (SSSR count). The van der Waals surface area contributed by atoms with Crippen LogP contribution in [0.15, 0.2) is 42.5 Å². The van der Waals surface area contributed by atoms with Gasteiger partial charge < -0.3 is 9.47 Å². The van der Waals surface area contributed by atoms with Crippen LogP contribution < -0.4 is 4.74 Å². The van der Waals surface area contributed by atoms with Crippen molar-refractivity contribution in [3.05, 3.63) is 64.7 Å². The molecule has 20 heavy (non-hydrogen) atoms. The van der Waals surface area contributed by atoms with Gasteiger partial charge in [0.05, 0.1) is 12.2 Å². The van der Waals surface area contributed by atoms with Gasteiger partial charge in [0.1, 0.15) is 5.75 Å². The Morgan fingerprint density at radius 2 is 1.70 bits per heavy atom. The Hall–Kier alpha value is -2.13. The van der Waals surface area contributed by atoms with Gasteiger partial charge in [0.2, 0.25) is 0 Å². The molecule has 0 aliphatic heterocycles. The molecule has 0 aromatic heterocycles. The molecule has 0 unspecified atom stereocenters. The van der Waals surface area contributed by atoms with Gasteiger partial charge in [-0.3, -0.25) is 0 Å². The Labute approximate surface area is 119 Å². The molecule has 0 aliphatic carbocycles. The van der Waals surface area contributed by atoms with Gasteiger partial charge in [-0.2, -0.15) is 0 Å². The van der Waals surface area contributed by atoms with E-state index in [4.69, 9.17) is 9.47 Å². The summed E-state index contributed by atoms with van der Waals surface area (Å²) in [5.74, 6) is 0.287. The number of hydrogen-bond donors (Lipinski definition) is 0. The maximum absolute atomic E-state index is 12.2. The Bertz CT molecular complexity index is 597. The van der Waals surface area contributed by atoms with Crippen molar-refractivity contribution in [2.45, 2.75) is 20.5 Å². The number of carbonyl (C=O) groups excluding carboxylic acids is 1. The first-order chi connectivity index (χ1) is 9.61. The van der Waals surface area contributed by atoms with Crippen LogP contribution in [0.2, 0.25) is 0 Å². The highest BCUT2D eigenvalue weighted by Gasteiger charge is 2.12. The molecule has 0 bridgehead atoms. The number of para-hydroxylation sites is 1. The lowest BCUT2D eigenvalue weighted by Gasteiger charge is -2.10. The fourth-order valence-electron chi connectivity index (χ4n) is 2.07. The van der Waals surface area contributed by atoms with Gasteiger partial charge in [0.15, 0.2) is 0 Å². The van der Waals surface area contributed by atoms with Crippen LogP contribution in [0.1, 0.15) is 27.0 Å². The topological polar surface area (TPSA) is 35.5 Å². The Morgan fingerprint density at radius 1 is 1.05 bits per heavy atom. The van der Waals surface area contributed by atoms with Crippen molar-refractivity contribution < 1.29 is 14.3 Å². The van der Waals surface area contributed by atoms with Crippen LogP contribution >= 0.6 is 0 Å². The number of ether oxygens (including phenoxy) is 2. The van der Waals surface area contributed by atoms with Crippen LogP contribution in [0.3, 0.4) is 0 Å². The summed E-state index contributed by atoms with van der Waals surface area (Å²) in [5.41, 5.74) is 3.38. The minimum absolute atomic E-state index is 0.347. The van der Waals surface area contributed by atoms with Crippen LogP contribution in [0.5, 0.6) is 5.75 Å². The predicted octanol–water partition coefficient (Wildman–Crippen LogP) is 3.67. The van der Waals surface area contributed by atoms with Crippen molar-refractivity contribution in [2.75, 3.05) is 7.11 Å². The van der Waals surface area contributed by atoms with E-state index in [-0.39, 0.29) is 5.97 Å². The van der Waals surface area contributed by atoms with E-state index in [1.165, 1.54) is 0 Å². The van der Waals surface area contributed by atoms with E-state index in [1.807, 2.05) is 44.2 Å². The molecule has 0 fully saturated rings. The molecule has 2 aromatic carbocycles. The highest BCUT2D eigenvalue weighted by Crippen LogP contribution is 2.23. The lowest BCUT2D eigenvalue weighted by Crippen LogP contribution is -2.10. The zero-order valence-corrected chi connectivity index (χ0v) is 12.0. The molecule has 0 N–H and O–H groups in total. The standard InChI is InChI=1S/C17H18O3/c1-12-6-4-7-13(2)16(12)20-17(18)15-9-5-8-14(10-15)11-19-3/h4-10H,11H2,1-3H3. The number of rotatable bonds is 4. The molecule has 0 amide bonds. The van der Waals surface area contributed by atoms with E-state index in [2.05, 4.69) is 0 Å². The number of benzene rings is 2. The second-order valence-corrected chi connectivity index (χ2v) is 4.74. The second-order valence-electron chi connectivity index (χ2n) is 4.74. The number of hydrogen-bond acceptors (Lipinski definition) is 3. The third-order valence-electron chi connectivity index (χ3n) is 3.08. The first-order valence-electron chi connectivity index (χ1n) is 6.48. The average Bonchev–Trinajstić information content (AvgIpc) is 2.43. The summed E-state index contributed by atoms with van der Waals surface area (Å²) in [4.78, 5) is 12.2. The zero-order chi connectivity index (χ0) is 14.5. The maximum atomic E-state index is 12.2. The first-order valence-corrected chi connectivity index (χ1v) is 6.48. The highest BCUT2D eigenvalue weighted by atomic mass is 16.5. The van der Waals surface area contributed by atoms with Gasteiger partial charge in [-0.15, -0.1) is 0 Å². The fourth-order valence-corrected chi connectivity index (χ4v) is 2.07. The lowest BCUT2D eigenvalue weighted by molar-refractivity contribution is 0.0732. The van der Waals surface area contributed by atoms with Crippen molar-refractivity contribution >= 4 is 5.97 Å². The van der Waals surface area contributed by atoms with Crippen molar-refractivity contribution in [2.24, 2.45) is 0 Å². The molecule has 0 heterocycles. The van der Waals surface area contributed by atoms with E-state index in [1.54, 1.807) is 19.2 Å². The van der Waals surface area contributed by atoms with E-state index >= 15 is 0 Å². The number of aryl methyl sites for hydroxylation is 2. The normalized spacial score (nSPS) is 10.3. The summed E-state index contributed by atoms with van der Waals surface area (Å²) in [6.45, 7) is 4.33. The predicted molar refractivity (Wildman–Crippen MR) is 78.0 cm³/mol. The first kappa shape index (κ1) is 14.3. The molecule has 0 atom stereocenters. The van der Waals surface area contributed by atoms with Crippen molar-refractivity contribution in [3.8, 4) is 5.75 Å². The fraction of sp³-hybridized carbons (Fsp3) is 0.235. The Balaban J connectivity index is 2.22. The number of carbonyl (C=O) groups is 1. The molecular formula is C17H18O3. The summed E-state index contributed by atoms with van der Waals surface area (Å²) in [6.07, 6.45) is 0. The Kier molecular flexibility index (Phi) is 4.53. The second kappa shape index (κ2) is 6.35. The SMILES string of the molecule is COCc1cccc(C(=O)Oc2c(C)cccc2C)c1. The lowest BCUT2D eigenvalue weighted by atomic mass is 10.1. The minimum atomic E-state index is -0.347. The van der Waals surface area contributed by atoms with Crippen LogP contribution in [0.4, 0.5) is 0 Å². The molecule has 0 saturated carbocycles. The maximum Gasteiger partial charge on any atom is 0.343 e. The monoisotopic (exact) mass is 270 g/mol. The van der Waals surface area contributed by atoms with Crippen molar-refractivity contribution in [1.82, 2.24) is 0 Å². The molecule has 0 spiro atoms. The molecule has 3 nitrogen and oxygen atoms in total. The van der Waals surface area contributed by atoms with Crippen LogP contribution in [-0.4, -0.2) is 13.1 Å². The van der Waals surface area contributed by atoms with Gasteiger partial charge in [0, 0.05) is 7.11 Å². The molecule has 0 saturated heterocycles. The average molecular weight is 270 g/mol. The summed E-state index contributed by atoms with van der Waals surface area (Å²) in [5, 5.41) is 0. The molecular weight excluding hydrogens is 252 g/mol. The third kappa shape index (κ3) is 3.25. The molecule has 0 radical (unpaired) electrons. The van der Waals surface area contributed by atoms with E-state index in [9.17, 15) is 4.79 Å². The third-order valence-corrected chi connectivity index (χ3v) is 3.08. The minimum Gasteiger partial charge on any atom is -0.422 e. The van der Waals surface area contributed by atoms with Gasteiger partial charge in [0.25, 0.3) is 0 Å². The molecule has 2 aromatic rings. The molecule has 104 valence electrons. The smallest absolute Gasteiger partial charge is 0.343 e. The van der Waals surface area contributed by atoms with Crippen LogP contribution in [0.25, 0.3) is 0 Å². The van der Waals surface area contributed by atoms with Gasteiger partial charge in [-0.1, -0.05) is 30.3 Å². The molecule has 0 aliphatic rings. The summed E-state index contributed by atoms with van der Waals surface area (Å²) in [7, 11) is 1.63. The van der Waals surface area contributed by atoms with Crippen LogP contribution in [-0.2, 0) is 11.3 Å². The van der Waals surface area contributed by atoms with Gasteiger partial charge >= 0.3 is 5.97 Å². The van der Waals surface area contributed by atoms with E-state index in [0.29, 0.717) is 17.9 Å².